The lowest BCUT2D eigenvalue weighted by molar-refractivity contribution is -0.385. The number of para-hydroxylation sites is 2. The van der Waals surface area contributed by atoms with Gasteiger partial charge in [-0.25, -0.2) is 0 Å². The Morgan fingerprint density at radius 1 is 1.29 bits per heavy atom. The first kappa shape index (κ1) is 15.0. The largest absolute Gasteiger partial charge is 0.481 e. The fraction of sp³-hybridized carbons (Fsp3) is 0.200. The molecule has 0 atom stereocenters. The number of benzene rings is 1. The molecule has 0 saturated carbocycles. The van der Waals surface area contributed by atoms with Crippen LogP contribution in [0.2, 0.25) is 0 Å². The molecule has 0 bridgehead atoms. The molecule has 1 aromatic carbocycles. The van der Waals surface area contributed by atoms with Crippen molar-refractivity contribution in [2.45, 2.75) is 13.0 Å². The lowest BCUT2D eigenvalue weighted by Crippen LogP contribution is -1.97. The SMILES string of the molecule is O=[N+]([O-])c1ccccc1OCc1ccc(C#CCCO)s1. The minimum atomic E-state index is -0.463. The molecule has 0 radical (unpaired) electrons. The summed E-state index contributed by atoms with van der Waals surface area (Å²) in [6.45, 7) is 0.309. The van der Waals surface area contributed by atoms with Crippen molar-refractivity contribution in [1.29, 1.82) is 0 Å². The third-order valence-electron chi connectivity index (χ3n) is 2.54. The average Bonchev–Trinajstić information content (AvgIpc) is 2.93. The summed E-state index contributed by atoms with van der Waals surface area (Å²) < 4.78 is 5.50. The Hall–Kier alpha value is -2.36. The summed E-state index contributed by atoms with van der Waals surface area (Å²) in [4.78, 5) is 12.2. The van der Waals surface area contributed by atoms with Crippen LogP contribution in [-0.4, -0.2) is 16.6 Å². The van der Waals surface area contributed by atoms with E-state index in [4.69, 9.17) is 9.84 Å². The fourth-order valence-electron chi connectivity index (χ4n) is 1.61. The zero-order valence-corrected chi connectivity index (χ0v) is 11.9. The smallest absolute Gasteiger partial charge is 0.310 e. The van der Waals surface area contributed by atoms with Crippen molar-refractivity contribution >= 4 is 17.0 Å². The summed E-state index contributed by atoms with van der Waals surface area (Å²) >= 11 is 1.47. The van der Waals surface area contributed by atoms with E-state index in [2.05, 4.69) is 11.8 Å². The van der Waals surface area contributed by atoms with Crippen molar-refractivity contribution in [3.8, 4) is 17.6 Å². The minimum absolute atomic E-state index is 0.0444. The Kier molecular flexibility index (Phi) is 5.32. The maximum absolute atomic E-state index is 10.9. The summed E-state index contributed by atoms with van der Waals surface area (Å²) in [7, 11) is 0. The summed E-state index contributed by atoms with van der Waals surface area (Å²) in [5.74, 6) is 6.03. The Labute approximate surface area is 126 Å². The number of hydrogen-bond acceptors (Lipinski definition) is 5. The van der Waals surface area contributed by atoms with Gasteiger partial charge in [-0.3, -0.25) is 10.1 Å². The maximum atomic E-state index is 10.9. The second-order valence-corrected chi connectivity index (χ2v) is 5.22. The predicted molar refractivity (Wildman–Crippen MR) is 80.3 cm³/mol. The van der Waals surface area contributed by atoms with Crippen LogP contribution in [0.1, 0.15) is 16.2 Å². The molecule has 2 aromatic rings. The molecule has 1 aromatic heterocycles. The van der Waals surface area contributed by atoms with Gasteiger partial charge in [0.1, 0.15) is 6.61 Å². The third-order valence-corrected chi connectivity index (χ3v) is 3.52. The van der Waals surface area contributed by atoms with Crippen molar-refractivity contribution in [2.24, 2.45) is 0 Å². The summed E-state index contributed by atoms with van der Waals surface area (Å²) in [6, 6.07) is 10.0. The minimum Gasteiger partial charge on any atom is -0.481 e. The Balaban J connectivity index is 2.01. The highest BCUT2D eigenvalue weighted by molar-refractivity contribution is 7.12. The highest BCUT2D eigenvalue weighted by Crippen LogP contribution is 2.27. The molecule has 0 aliphatic rings. The lowest BCUT2D eigenvalue weighted by Gasteiger charge is -2.04. The number of nitro benzene ring substituents is 1. The van der Waals surface area contributed by atoms with Crippen LogP contribution in [-0.2, 0) is 6.61 Å². The van der Waals surface area contributed by atoms with Crippen LogP contribution >= 0.6 is 11.3 Å². The summed E-state index contributed by atoms with van der Waals surface area (Å²) in [5.41, 5.74) is -0.0444. The summed E-state index contributed by atoms with van der Waals surface area (Å²) in [5, 5.41) is 19.5. The molecule has 21 heavy (non-hydrogen) atoms. The zero-order chi connectivity index (χ0) is 15.1. The normalized spacial score (nSPS) is 9.76. The third kappa shape index (κ3) is 4.31. The van der Waals surface area contributed by atoms with Crippen LogP contribution in [0.15, 0.2) is 36.4 Å². The first-order chi connectivity index (χ1) is 10.2. The average molecular weight is 303 g/mol. The van der Waals surface area contributed by atoms with Crippen LogP contribution in [0.5, 0.6) is 5.75 Å². The van der Waals surface area contributed by atoms with Gasteiger partial charge in [-0.05, 0) is 18.2 Å². The van der Waals surface area contributed by atoms with E-state index in [1.165, 1.54) is 17.4 Å². The first-order valence-corrected chi connectivity index (χ1v) is 7.07. The molecule has 0 fully saturated rings. The molecule has 0 spiro atoms. The van der Waals surface area contributed by atoms with Crippen molar-refractivity contribution in [3.63, 3.8) is 0 Å². The zero-order valence-electron chi connectivity index (χ0n) is 11.1. The van der Waals surface area contributed by atoms with E-state index in [1.54, 1.807) is 18.2 Å². The monoisotopic (exact) mass is 303 g/mol. The van der Waals surface area contributed by atoms with Crippen LogP contribution in [0.3, 0.4) is 0 Å². The van der Waals surface area contributed by atoms with Gasteiger partial charge in [-0.15, -0.1) is 11.3 Å². The number of nitro groups is 1. The van der Waals surface area contributed by atoms with Crippen molar-refractivity contribution in [1.82, 2.24) is 0 Å². The van der Waals surface area contributed by atoms with Crippen LogP contribution in [0, 0.1) is 22.0 Å². The highest BCUT2D eigenvalue weighted by atomic mass is 32.1. The Bertz CT molecular complexity index is 684. The number of ether oxygens (including phenoxy) is 1. The molecule has 108 valence electrons. The van der Waals surface area contributed by atoms with E-state index in [9.17, 15) is 10.1 Å². The molecule has 1 heterocycles. The number of rotatable bonds is 5. The van der Waals surface area contributed by atoms with Gasteiger partial charge < -0.3 is 9.84 Å². The van der Waals surface area contributed by atoms with Gasteiger partial charge in [0.2, 0.25) is 0 Å². The van der Waals surface area contributed by atoms with E-state index in [0.717, 1.165) is 9.75 Å². The Morgan fingerprint density at radius 3 is 2.86 bits per heavy atom. The first-order valence-electron chi connectivity index (χ1n) is 6.25. The topological polar surface area (TPSA) is 72.6 Å². The molecule has 2 rings (SSSR count). The van der Waals surface area contributed by atoms with Crippen LogP contribution < -0.4 is 4.74 Å². The van der Waals surface area contributed by atoms with E-state index in [0.29, 0.717) is 6.42 Å². The molecule has 0 saturated heterocycles. The lowest BCUT2D eigenvalue weighted by atomic mass is 10.3. The van der Waals surface area contributed by atoms with Crippen molar-refractivity contribution in [3.05, 3.63) is 56.3 Å². The number of aliphatic hydroxyl groups is 1. The van der Waals surface area contributed by atoms with E-state index >= 15 is 0 Å². The standard InChI is InChI=1S/C15H13NO4S/c17-10-4-3-5-12-8-9-13(21-12)11-20-15-7-2-1-6-14(15)16(18)19/h1-2,6-9,17H,4,10-11H2. The van der Waals surface area contributed by atoms with Crippen molar-refractivity contribution in [2.75, 3.05) is 6.61 Å². The van der Waals surface area contributed by atoms with Gasteiger partial charge in [0.25, 0.3) is 0 Å². The predicted octanol–water partition coefficient (Wildman–Crippen LogP) is 2.97. The Morgan fingerprint density at radius 2 is 2.10 bits per heavy atom. The molecule has 0 unspecified atom stereocenters. The number of aliphatic hydroxyl groups excluding tert-OH is 1. The van der Waals surface area contributed by atoms with Crippen LogP contribution in [0.25, 0.3) is 0 Å². The van der Waals surface area contributed by atoms with E-state index < -0.39 is 4.92 Å². The van der Waals surface area contributed by atoms with Gasteiger partial charge in [0, 0.05) is 17.4 Å². The number of hydrogen-bond donors (Lipinski definition) is 1. The molecular formula is C15H13NO4S. The second kappa shape index (κ2) is 7.43. The van der Waals surface area contributed by atoms with Crippen LogP contribution in [0.4, 0.5) is 5.69 Å². The van der Waals surface area contributed by atoms with Gasteiger partial charge in [0.05, 0.1) is 16.4 Å². The highest BCUT2D eigenvalue weighted by Gasteiger charge is 2.13. The summed E-state index contributed by atoms with van der Waals surface area (Å²) in [6.07, 6.45) is 0.444. The van der Waals surface area contributed by atoms with Crippen molar-refractivity contribution < 1.29 is 14.8 Å². The maximum Gasteiger partial charge on any atom is 0.310 e. The fourth-order valence-corrected chi connectivity index (χ4v) is 2.40. The molecule has 0 aliphatic carbocycles. The number of nitrogens with zero attached hydrogens (tertiary/aromatic N) is 1. The molecule has 1 N–H and O–H groups in total. The van der Waals surface area contributed by atoms with Gasteiger partial charge in [-0.1, -0.05) is 24.0 Å². The molecule has 5 nitrogen and oxygen atoms in total. The molecular weight excluding hydrogens is 290 g/mol. The number of thiophene rings is 1. The van der Waals surface area contributed by atoms with E-state index in [1.807, 2.05) is 12.1 Å². The molecule has 6 heteroatoms. The molecule has 0 amide bonds. The quantitative estimate of drug-likeness (QED) is 0.523. The van der Waals surface area contributed by atoms with Gasteiger partial charge in [0.15, 0.2) is 5.75 Å². The van der Waals surface area contributed by atoms with Gasteiger partial charge >= 0.3 is 5.69 Å². The second-order valence-electron chi connectivity index (χ2n) is 4.05. The van der Waals surface area contributed by atoms with Gasteiger partial charge in [-0.2, -0.15) is 0 Å². The van der Waals surface area contributed by atoms with E-state index in [-0.39, 0.29) is 24.7 Å². The molecule has 0 aliphatic heterocycles.